The number of nitrogens with zero attached hydrogens (tertiary/aromatic N) is 2. The Labute approximate surface area is 160 Å². The highest BCUT2D eigenvalue weighted by Gasteiger charge is 2.36. The smallest absolute Gasteiger partial charge is 0.272 e. The van der Waals surface area contributed by atoms with Crippen LogP contribution in [0.15, 0.2) is 35.0 Å². The summed E-state index contributed by atoms with van der Waals surface area (Å²) < 4.78 is 25.8. The zero-order valence-electron chi connectivity index (χ0n) is 16.5. The van der Waals surface area contributed by atoms with Gasteiger partial charge in [-0.2, -0.15) is 0 Å². The van der Waals surface area contributed by atoms with E-state index in [1.165, 1.54) is 12.1 Å². The molecular weight excluding hydrogens is 367 g/mol. The van der Waals surface area contributed by atoms with Crippen molar-refractivity contribution >= 4 is 20.2 Å². The SMILES string of the molecule is CC(C)(C)[Si](C)(C)OCCCC1N=CC=C1Oc1ccc([N+](=O)[O-])cc1F. The Balaban J connectivity index is 1.89. The number of nitro benzene ring substituents is 1. The minimum Gasteiger partial charge on any atom is -0.456 e. The first-order valence-electron chi connectivity index (χ1n) is 9.00. The van der Waals surface area contributed by atoms with Crippen molar-refractivity contribution in [3.8, 4) is 5.75 Å². The lowest BCUT2D eigenvalue weighted by Crippen LogP contribution is -2.41. The number of nitro groups is 1. The molecule has 1 aliphatic rings. The van der Waals surface area contributed by atoms with Crippen molar-refractivity contribution in [2.75, 3.05) is 6.61 Å². The first-order chi connectivity index (χ1) is 12.5. The Morgan fingerprint density at radius 3 is 2.63 bits per heavy atom. The number of hydrogen-bond acceptors (Lipinski definition) is 5. The van der Waals surface area contributed by atoms with Gasteiger partial charge in [-0.05, 0) is 43.1 Å². The van der Waals surface area contributed by atoms with Crippen LogP contribution in [0.3, 0.4) is 0 Å². The van der Waals surface area contributed by atoms with Crippen LogP contribution in [0.2, 0.25) is 18.1 Å². The monoisotopic (exact) mass is 394 g/mol. The zero-order chi connectivity index (χ0) is 20.2. The Hall–Kier alpha value is -2.06. The average molecular weight is 395 g/mol. The van der Waals surface area contributed by atoms with Crippen molar-refractivity contribution in [3.63, 3.8) is 0 Å². The van der Waals surface area contributed by atoms with Crippen LogP contribution in [0.1, 0.15) is 33.6 Å². The molecule has 0 saturated carbocycles. The molecule has 1 aliphatic heterocycles. The maximum atomic E-state index is 14.0. The van der Waals surface area contributed by atoms with Gasteiger partial charge in [0.1, 0.15) is 11.8 Å². The number of ether oxygens (including phenoxy) is 1. The molecule has 0 radical (unpaired) electrons. The normalized spacial score (nSPS) is 17.1. The summed E-state index contributed by atoms with van der Waals surface area (Å²) in [5.41, 5.74) is -0.309. The molecule has 6 nitrogen and oxygen atoms in total. The molecule has 0 saturated heterocycles. The van der Waals surface area contributed by atoms with Gasteiger partial charge < -0.3 is 9.16 Å². The standard InChI is InChI=1S/C19H27FN2O4Si/c1-19(2,3)27(4,5)25-12-6-7-16-18(10-11-21-16)26-17-9-8-14(22(23)24)13-15(17)20/h8-11,13,16H,6-7,12H2,1-5H3. The van der Waals surface area contributed by atoms with E-state index in [0.717, 1.165) is 18.9 Å². The molecule has 0 aliphatic carbocycles. The molecule has 2 rings (SSSR count). The molecule has 1 aromatic rings. The van der Waals surface area contributed by atoms with Crippen LogP contribution in [-0.4, -0.2) is 32.1 Å². The van der Waals surface area contributed by atoms with Gasteiger partial charge in [0.2, 0.25) is 0 Å². The molecule has 27 heavy (non-hydrogen) atoms. The number of halogens is 1. The molecule has 148 valence electrons. The third-order valence-electron chi connectivity index (χ3n) is 5.08. The van der Waals surface area contributed by atoms with E-state index in [9.17, 15) is 14.5 Å². The number of non-ortho nitro benzene ring substituents is 1. The molecule has 0 fully saturated rings. The molecule has 1 aromatic carbocycles. The molecule has 0 N–H and O–H groups in total. The second-order valence-corrected chi connectivity index (χ2v) is 12.9. The number of hydrogen-bond donors (Lipinski definition) is 0. The van der Waals surface area contributed by atoms with Crippen LogP contribution >= 0.6 is 0 Å². The third-order valence-corrected chi connectivity index (χ3v) is 9.62. The van der Waals surface area contributed by atoms with Gasteiger partial charge in [0.25, 0.3) is 5.69 Å². The van der Waals surface area contributed by atoms with Crippen molar-refractivity contribution in [3.05, 3.63) is 46.0 Å². The average Bonchev–Trinajstić information content (AvgIpc) is 2.99. The van der Waals surface area contributed by atoms with Crippen molar-refractivity contribution in [2.24, 2.45) is 4.99 Å². The molecule has 1 heterocycles. The van der Waals surface area contributed by atoms with Gasteiger partial charge >= 0.3 is 0 Å². The number of allylic oxidation sites excluding steroid dienone is 1. The van der Waals surface area contributed by atoms with Crippen LogP contribution < -0.4 is 4.74 Å². The van der Waals surface area contributed by atoms with Gasteiger partial charge in [-0.3, -0.25) is 15.1 Å². The van der Waals surface area contributed by atoms with Crippen molar-refractivity contribution in [2.45, 2.75) is 57.8 Å². The molecule has 0 amide bonds. The Morgan fingerprint density at radius 1 is 1.33 bits per heavy atom. The van der Waals surface area contributed by atoms with Gasteiger partial charge in [0.05, 0.1) is 11.0 Å². The summed E-state index contributed by atoms with van der Waals surface area (Å²) >= 11 is 0. The molecule has 0 bridgehead atoms. The summed E-state index contributed by atoms with van der Waals surface area (Å²) in [6, 6.07) is 3.15. The van der Waals surface area contributed by atoms with Gasteiger partial charge in [0.15, 0.2) is 19.9 Å². The van der Waals surface area contributed by atoms with Gasteiger partial charge in [-0.15, -0.1) is 0 Å². The Bertz CT molecular complexity index is 757. The number of aliphatic imine (C=N–C) groups is 1. The summed E-state index contributed by atoms with van der Waals surface area (Å²) in [4.78, 5) is 14.4. The van der Waals surface area contributed by atoms with Crippen LogP contribution in [0.25, 0.3) is 0 Å². The van der Waals surface area contributed by atoms with Crippen LogP contribution in [0.5, 0.6) is 5.75 Å². The van der Waals surface area contributed by atoms with E-state index >= 15 is 0 Å². The summed E-state index contributed by atoms with van der Waals surface area (Å²) in [6.45, 7) is 11.7. The highest BCUT2D eigenvalue weighted by atomic mass is 28.4. The largest absolute Gasteiger partial charge is 0.456 e. The Kier molecular flexibility index (Phi) is 6.53. The van der Waals surface area contributed by atoms with Gasteiger partial charge in [-0.25, -0.2) is 4.39 Å². The fourth-order valence-electron chi connectivity index (χ4n) is 2.36. The lowest BCUT2D eigenvalue weighted by atomic mass is 10.1. The van der Waals surface area contributed by atoms with Crippen LogP contribution in [0, 0.1) is 15.9 Å². The third kappa shape index (κ3) is 5.46. The lowest BCUT2D eigenvalue weighted by Gasteiger charge is -2.36. The van der Waals surface area contributed by atoms with E-state index in [1.807, 2.05) is 0 Å². The summed E-state index contributed by atoms with van der Waals surface area (Å²) in [6.07, 6.45) is 4.88. The van der Waals surface area contributed by atoms with E-state index in [2.05, 4.69) is 38.9 Å². The number of benzene rings is 1. The minimum atomic E-state index is -1.77. The molecule has 0 spiro atoms. The van der Waals surface area contributed by atoms with Crippen molar-refractivity contribution < 1.29 is 18.5 Å². The highest BCUT2D eigenvalue weighted by Crippen LogP contribution is 2.36. The summed E-state index contributed by atoms with van der Waals surface area (Å²) in [5, 5.41) is 10.9. The summed E-state index contributed by atoms with van der Waals surface area (Å²) in [5.74, 6) is -0.271. The zero-order valence-corrected chi connectivity index (χ0v) is 17.5. The van der Waals surface area contributed by atoms with E-state index in [4.69, 9.17) is 9.16 Å². The van der Waals surface area contributed by atoms with Gasteiger partial charge in [-0.1, -0.05) is 20.8 Å². The van der Waals surface area contributed by atoms with E-state index < -0.39 is 19.1 Å². The molecule has 8 heteroatoms. The second kappa shape index (κ2) is 8.31. The predicted octanol–water partition coefficient (Wildman–Crippen LogP) is 5.25. The predicted molar refractivity (Wildman–Crippen MR) is 106 cm³/mol. The first kappa shape index (κ1) is 21.2. The van der Waals surface area contributed by atoms with E-state index in [1.54, 1.807) is 12.3 Å². The molecular formula is C19H27FN2O4Si. The number of rotatable bonds is 8. The molecule has 1 atom stereocenters. The topological polar surface area (TPSA) is 74.0 Å². The summed E-state index contributed by atoms with van der Waals surface area (Å²) in [7, 11) is -1.77. The first-order valence-corrected chi connectivity index (χ1v) is 11.9. The molecule has 0 aromatic heterocycles. The maximum Gasteiger partial charge on any atom is 0.272 e. The van der Waals surface area contributed by atoms with Gasteiger partial charge in [0, 0.05) is 18.9 Å². The molecule has 1 unspecified atom stereocenters. The fourth-order valence-corrected chi connectivity index (χ4v) is 3.44. The van der Waals surface area contributed by atoms with Crippen molar-refractivity contribution in [1.82, 2.24) is 0 Å². The quantitative estimate of drug-likeness (QED) is 0.261. The highest BCUT2D eigenvalue weighted by molar-refractivity contribution is 6.74. The fraction of sp³-hybridized carbons (Fsp3) is 0.526. The van der Waals surface area contributed by atoms with Crippen LogP contribution in [0.4, 0.5) is 10.1 Å². The lowest BCUT2D eigenvalue weighted by molar-refractivity contribution is -0.385. The van der Waals surface area contributed by atoms with Crippen molar-refractivity contribution in [1.29, 1.82) is 0 Å². The van der Waals surface area contributed by atoms with Crippen LogP contribution in [-0.2, 0) is 4.43 Å². The van der Waals surface area contributed by atoms with E-state index in [0.29, 0.717) is 12.4 Å². The second-order valence-electron chi connectivity index (χ2n) is 8.11. The van der Waals surface area contributed by atoms with E-state index in [-0.39, 0.29) is 22.5 Å². The minimum absolute atomic E-state index is 0.0418. The maximum absolute atomic E-state index is 14.0. The Morgan fingerprint density at radius 2 is 2.04 bits per heavy atom.